The maximum Gasteiger partial charge on any atom is 0.257 e. The maximum absolute atomic E-state index is 12.1. The van der Waals surface area contributed by atoms with Gasteiger partial charge in [0.1, 0.15) is 0 Å². The molecular weight excluding hydrogens is 356 g/mol. The van der Waals surface area contributed by atoms with Crippen LogP contribution in [-0.2, 0) is 10.0 Å². The number of nitrogens with zero attached hydrogens (tertiary/aromatic N) is 2. The fraction of sp³-hybridized carbons (Fsp3) is 0.308. The Morgan fingerprint density at radius 2 is 1.91 bits per heavy atom. The Kier molecular flexibility index (Phi) is 5.97. The summed E-state index contributed by atoms with van der Waals surface area (Å²) < 4.78 is 26.2. The molecule has 1 aromatic heterocycles. The number of aromatic nitrogens is 2. The molecule has 2 rings (SSSR count). The highest BCUT2D eigenvalue weighted by Gasteiger charge is 2.11. The first-order valence-electron chi connectivity index (χ1n) is 6.81. The zero-order chi connectivity index (χ0) is 16.9. The van der Waals surface area contributed by atoms with E-state index in [1.807, 2.05) is 6.92 Å². The van der Waals surface area contributed by atoms with Crippen LogP contribution < -0.4 is 10.0 Å². The highest BCUT2D eigenvalue weighted by molar-refractivity contribution is 8.01. The van der Waals surface area contributed by atoms with Crippen LogP contribution in [0.1, 0.15) is 24.2 Å². The van der Waals surface area contributed by atoms with Gasteiger partial charge in [0.25, 0.3) is 5.91 Å². The Balaban J connectivity index is 2.02. The van der Waals surface area contributed by atoms with E-state index in [4.69, 9.17) is 0 Å². The molecule has 0 fully saturated rings. The number of anilines is 2. The summed E-state index contributed by atoms with van der Waals surface area (Å²) in [5.74, 6) is 0.557. The zero-order valence-corrected chi connectivity index (χ0v) is 15.0. The minimum absolute atomic E-state index is 0.00953. The quantitative estimate of drug-likeness (QED) is 0.572. The Hall–Kier alpha value is -1.65. The number of carbonyl (C=O) groups is 1. The zero-order valence-electron chi connectivity index (χ0n) is 12.6. The molecule has 2 aromatic rings. The van der Waals surface area contributed by atoms with Crippen LogP contribution in [0.4, 0.5) is 10.8 Å². The monoisotopic (exact) mass is 372 g/mol. The third-order valence-corrected chi connectivity index (χ3v) is 5.86. The van der Waals surface area contributed by atoms with E-state index < -0.39 is 10.0 Å². The van der Waals surface area contributed by atoms with Crippen molar-refractivity contribution in [1.29, 1.82) is 0 Å². The Morgan fingerprint density at radius 1 is 1.22 bits per heavy atom. The number of amides is 1. The molecular formula is C13H16N4O3S3. The van der Waals surface area contributed by atoms with Crippen LogP contribution >= 0.6 is 23.1 Å². The lowest BCUT2D eigenvalue weighted by Gasteiger charge is -2.06. The van der Waals surface area contributed by atoms with Gasteiger partial charge in [-0.25, -0.2) is 8.42 Å². The van der Waals surface area contributed by atoms with E-state index in [1.165, 1.54) is 11.3 Å². The molecule has 1 aromatic carbocycles. The number of hydrogen-bond acceptors (Lipinski definition) is 7. The third-order valence-electron chi connectivity index (χ3n) is 2.70. The fourth-order valence-electron chi connectivity index (χ4n) is 1.55. The molecule has 0 aliphatic rings. The third kappa shape index (κ3) is 5.19. The minimum Gasteiger partial charge on any atom is -0.296 e. The number of benzene rings is 1. The van der Waals surface area contributed by atoms with Crippen molar-refractivity contribution in [3.8, 4) is 0 Å². The number of nitrogens with one attached hydrogen (secondary N) is 2. The topological polar surface area (TPSA) is 101 Å². The van der Waals surface area contributed by atoms with Gasteiger partial charge in [0.15, 0.2) is 4.34 Å². The first-order valence-corrected chi connectivity index (χ1v) is 10.3. The van der Waals surface area contributed by atoms with E-state index in [1.54, 1.807) is 43.0 Å². The molecule has 1 heterocycles. The number of carbonyl (C=O) groups excluding carboxylic acids is 1. The van der Waals surface area contributed by atoms with Crippen LogP contribution in [-0.4, -0.2) is 36.0 Å². The first-order chi connectivity index (χ1) is 10.9. The normalized spacial score (nSPS) is 11.2. The predicted molar refractivity (Wildman–Crippen MR) is 93.8 cm³/mol. The van der Waals surface area contributed by atoms with Gasteiger partial charge in [0.05, 0.1) is 5.75 Å². The molecule has 10 heteroatoms. The van der Waals surface area contributed by atoms with Crippen LogP contribution in [0.15, 0.2) is 28.6 Å². The molecule has 0 unspecified atom stereocenters. The fourth-order valence-corrected chi connectivity index (χ4v) is 3.84. The van der Waals surface area contributed by atoms with Crippen molar-refractivity contribution in [1.82, 2.24) is 10.2 Å². The van der Waals surface area contributed by atoms with E-state index in [0.29, 0.717) is 16.4 Å². The first kappa shape index (κ1) is 17.7. The second-order valence-electron chi connectivity index (χ2n) is 4.34. The van der Waals surface area contributed by atoms with E-state index in [0.717, 1.165) is 10.1 Å². The van der Waals surface area contributed by atoms with Crippen molar-refractivity contribution in [2.75, 3.05) is 21.5 Å². The number of rotatable bonds is 7. The maximum atomic E-state index is 12.1. The molecule has 124 valence electrons. The summed E-state index contributed by atoms with van der Waals surface area (Å²) in [6, 6.07) is 6.18. The van der Waals surface area contributed by atoms with Gasteiger partial charge in [-0.1, -0.05) is 30.0 Å². The van der Waals surface area contributed by atoms with Crippen LogP contribution in [0.5, 0.6) is 0 Å². The standard InChI is InChI=1S/C13H16N4O3S3/c1-3-21-13-16-15-12(22-13)14-11(18)9-5-7-10(8-6-9)17-23(19,20)4-2/h5-8,17H,3-4H2,1-2H3,(H,14,15,18). The molecule has 7 nitrogen and oxygen atoms in total. The number of hydrogen-bond donors (Lipinski definition) is 2. The smallest absolute Gasteiger partial charge is 0.257 e. The van der Waals surface area contributed by atoms with E-state index in [2.05, 4.69) is 20.2 Å². The average Bonchev–Trinajstić information content (AvgIpc) is 2.95. The molecule has 0 aliphatic heterocycles. The summed E-state index contributed by atoms with van der Waals surface area (Å²) in [4.78, 5) is 12.1. The minimum atomic E-state index is -3.33. The van der Waals surface area contributed by atoms with Crippen LogP contribution in [0.3, 0.4) is 0 Å². The lowest BCUT2D eigenvalue weighted by Crippen LogP contribution is -2.15. The lowest BCUT2D eigenvalue weighted by molar-refractivity contribution is 0.102. The van der Waals surface area contributed by atoms with Crippen LogP contribution in [0.2, 0.25) is 0 Å². The van der Waals surface area contributed by atoms with Crippen LogP contribution in [0, 0.1) is 0 Å². The molecule has 1 amide bonds. The van der Waals surface area contributed by atoms with Crippen molar-refractivity contribution in [3.05, 3.63) is 29.8 Å². The van der Waals surface area contributed by atoms with Gasteiger partial charge < -0.3 is 0 Å². The number of sulfonamides is 1. The summed E-state index contributed by atoms with van der Waals surface area (Å²) in [5.41, 5.74) is 0.824. The molecule has 0 saturated carbocycles. The molecule has 0 aliphatic carbocycles. The van der Waals surface area contributed by atoms with Gasteiger partial charge in [0, 0.05) is 11.3 Å². The van der Waals surface area contributed by atoms with E-state index in [-0.39, 0.29) is 11.7 Å². The van der Waals surface area contributed by atoms with Crippen LogP contribution in [0.25, 0.3) is 0 Å². The second-order valence-corrected chi connectivity index (χ2v) is 8.84. The number of thioether (sulfide) groups is 1. The van der Waals surface area contributed by atoms with Gasteiger partial charge in [-0.05, 0) is 36.9 Å². The van der Waals surface area contributed by atoms with E-state index in [9.17, 15) is 13.2 Å². The predicted octanol–water partition coefficient (Wildman–Crippen LogP) is 2.66. The average molecular weight is 372 g/mol. The van der Waals surface area contributed by atoms with Crippen molar-refractivity contribution < 1.29 is 13.2 Å². The molecule has 2 N–H and O–H groups in total. The van der Waals surface area contributed by atoms with Gasteiger partial charge in [-0.2, -0.15) is 0 Å². The molecule has 0 atom stereocenters. The van der Waals surface area contributed by atoms with Crippen molar-refractivity contribution in [2.45, 2.75) is 18.2 Å². The summed E-state index contributed by atoms with van der Waals surface area (Å²) in [7, 11) is -3.33. The summed E-state index contributed by atoms with van der Waals surface area (Å²) in [6.07, 6.45) is 0. The summed E-state index contributed by atoms with van der Waals surface area (Å²) in [5, 5.41) is 11.0. The van der Waals surface area contributed by atoms with Gasteiger partial charge in [-0.15, -0.1) is 10.2 Å². The molecule has 0 bridgehead atoms. The highest BCUT2D eigenvalue weighted by Crippen LogP contribution is 2.25. The van der Waals surface area contributed by atoms with Crippen molar-refractivity contribution >= 4 is 49.8 Å². The summed E-state index contributed by atoms with van der Waals surface area (Å²) >= 11 is 2.87. The largest absolute Gasteiger partial charge is 0.296 e. The van der Waals surface area contributed by atoms with Gasteiger partial charge >= 0.3 is 0 Å². The lowest BCUT2D eigenvalue weighted by atomic mass is 10.2. The van der Waals surface area contributed by atoms with Gasteiger partial charge in [-0.3, -0.25) is 14.8 Å². The Bertz CT molecular complexity index is 772. The SMILES string of the molecule is CCSc1nnc(NC(=O)c2ccc(NS(=O)(=O)CC)cc2)s1. The highest BCUT2D eigenvalue weighted by atomic mass is 32.2. The Labute approximate surface area is 143 Å². The summed E-state index contributed by atoms with van der Waals surface area (Å²) in [6.45, 7) is 3.57. The molecule has 0 saturated heterocycles. The second kappa shape index (κ2) is 7.75. The molecule has 23 heavy (non-hydrogen) atoms. The van der Waals surface area contributed by atoms with Crippen molar-refractivity contribution in [3.63, 3.8) is 0 Å². The van der Waals surface area contributed by atoms with Gasteiger partial charge in [0.2, 0.25) is 15.2 Å². The molecule has 0 radical (unpaired) electrons. The Morgan fingerprint density at radius 3 is 2.52 bits per heavy atom. The molecule has 0 spiro atoms. The van der Waals surface area contributed by atoms with E-state index >= 15 is 0 Å². The van der Waals surface area contributed by atoms with Crippen molar-refractivity contribution in [2.24, 2.45) is 0 Å².